The zero-order valence-corrected chi connectivity index (χ0v) is 11.9. The van der Waals surface area contributed by atoms with Crippen LogP contribution in [0.4, 0.5) is 13.2 Å². The molecule has 0 aromatic heterocycles. The minimum atomic E-state index is -4.37. The highest BCUT2D eigenvalue weighted by atomic mass is 19.4. The molecular weight excluding hydrogens is 279 g/mol. The summed E-state index contributed by atoms with van der Waals surface area (Å²) in [6.07, 6.45) is -0.199. The van der Waals surface area contributed by atoms with Crippen molar-refractivity contribution in [1.29, 1.82) is 0 Å². The van der Waals surface area contributed by atoms with E-state index in [0.717, 1.165) is 43.4 Å². The lowest BCUT2D eigenvalue weighted by atomic mass is 9.95. The SMILES string of the molecule is CCCCC1=C(c2cccc(C(F)(F)F)c2)C(N=O)CC1. The summed E-state index contributed by atoms with van der Waals surface area (Å²) in [5, 5.41) is 3.11. The minimum Gasteiger partial charge on any atom is -0.166 e. The zero-order valence-electron chi connectivity index (χ0n) is 11.9. The molecule has 0 spiro atoms. The van der Waals surface area contributed by atoms with E-state index < -0.39 is 17.8 Å². The van der Waals surface area contributed by atoms with Gasteiger partial charge in [-0.05, 0) is 49.0 Å². The van der Waals surface area contributed by atoms with E-state index in [1.54, 1.807) is 6.07 Å². The highest BCUT2D eigenvalue weighted by Crippen LogP contribution is 2.40. The normalized spacial score (nSPS) is 19.1. The second-order valence-corrected chi connectivity index (χ2v) is 5.36. The summed E-state index contributed by atoms with van der Waals surface area (Å²) in [4.78, 5) is 11.0. The smallest absolute Gasteiger partial charge is 0.166 e. The van der Waals surface area contributed by atoms with Crippen LogP contribution in [0.3, 0.4) is 0 Å². The first-order valence-corrected chi connectivity index (χ1v) is 7.19. The van der Waals surface area contributed by atoms with E-state index in [2.05, 4.69) is 12.1 Å². The third kappa shape index (κ3) is 3.52. The highest BCUT2D eigenvalue weighted by molar-refractivity contribution is 5.75. The van der Waals surface area contributed by atoms with E-state index in [0.29, 0.717) is 17.6 Å². The van der Waals surface area contributed by atoms with Gasteiger partial charge >= 0.3 is 6.18 Å². The molecule has 0 aliphatic heterocycles. The second-order valence-electron chi connectivity index (χ2n) is 5.36. The molecule has 0 saturated carbocycles. The predicted octanol–water partition coefficient (Wildman–Crippen LogP) is 5.58. The molecular formula is C16H18F3NO. The molecule has 1 aliphatic carbocycles. The van der Waals surface area contributed by atoms with Crippen molar-refractivity contribution in [1.82, 2.24) is 0 Å². The van der Waals surface area contributed by atoms with Gasteiger partial charge in [-0.3, -0.25) is 0 Å². The van der Waals surface area contributed by atoms with Crippen molar-refractivity contribution < 1.29 is 13.2 Å². The standard InChI is InChI=1S/C16H18F3NO/c1-2-3-5-11-8-9-14(20-21)15(11)12-6-4-7-13(10-12)16(17,18)19/h4,6-7,10,14H,2-3,5,8-9H2,1H3. The number of nitrogens with zero attached hydrogens (tertiary/aromatic N) is 1. The van der Waals surface area contributed by atoms with Crippen molar-refractivity contribution >= 4 is 5.57 Å². The molecule has 0 N–H and O–H groups in total. The Morgan fingerprint density at radius 2 is 2.10 bits per heavy atom. The van der Waals surface area contributed by atoms with Crippen molar-refractivity contribution in [2.75, 3.05) is 0 Å². The summed E-state index contributed by atoms with van der Waals surface area (Å²) in [5.41, 5.74) is 1.60. The maximum Gasteiger partial charge on any atom is 0.416 e. The van der Waals surface area contributed by atoms with Crippen molar-refractivity contribution in [2.24, 2.45) is 5.18 Å². The van der Waals surface area contributed by atoms with E-state index in [1.807, 2.05) is 0 Å². The molecule has 0 saturated heterocycles. The van der Waals surface area contributed by atoms with Crippen LogP contribution in [0.25, 0.3) is 5.57 Å². The second kappa shape index (κ2) is 6.41. The first-order chi connectivity index (χ1) is 9.97. The number of allylic oxidation sites excluding steroid dienone is 1. The van der Waals surface area contributed by atoms with Crippen LogP contribution in [-0.2, 0) is 6.18 Å². The number of alkyl halides is 3. The fourth-order valence-electron chi connectivity index (χ4n) is 2.84. The van der Waals surface area contributed by atoms with Gasteiger partial charge in [-0.15, -0.1) is 0 Å². The van der Waals surface area contributed by atoms with Crippen LogP contribution in [0.2, 0.25) is 0 Å². The van der Waals surface area contributed by atoms with Gasteiger partial charge in [-0.2, -0.15) is 18.1 Å². The van der Waals surface area contributed by atoms with Crippen LogP contribution in [0, 0.1) is 4.91 Å². The van der Waals surface area contributed by atoms with E-state index in [-0.39, 0.29) is 0 Å². The Kier molecular flexibility index (Phi) is 4.80. The summed E-state index contributed by atoms with van der Waals surface area (Å²) < 4.78 is 38.5. The summed E-state index contributed by atoms with van der Waals surface area (Å²) in [7, 11) is 0. The van der Waals surface area contributed by atoms with Gasteiger partial charge in [0.1, 0.15) is 6.04 Å². The number of hydrogen-bond donors (Lipinski definition) is 0. The van der Waals surface area contributed by atoms with E-state index in [4.69, 9.17) is 0 Å². The molecule has 0 heterocycles. The molecule has 0 fully saturated rings. The molecule has 0 amide bonds. The summed E-state index contributed by atoms with van der Waals surface area (Å²) in [5.74, 6) is 0. The summed E-state index contributed by atoms with van der Waals surface area (Å²) in [6.45, 7) is 2.06. The van der Waals surface area contributed by atoms with E-state index in [9.17, 15) is 18.1 Å². The molecule has 114 valence electrons. The number of nitroso groups, excluding NO2 is 1. The lowest BCUT2D eigenvalue weighted by Gasteiger charge is -2.13. The molecule has 5 heteroatoms. The summed E-state index contributed by atoms with van der Waals surface area (Å²) >= 11 is 0. The molecule has 1 atom stereocenters. The van der Waals surface area contributed by atoms with E-state index >= 15 is 0 Å². The van der Waals surface area contributed by atoms with Crippen LogP contribution in [-0.4, -0.2) is 6.04 Å². The highest BCUT2D eigenvalue weighted by Gasteiger charge is 2.32. The van der Waals surface area contributed by atoms with Crippen molar-refractivity contribution in [2.45, 2.75) is 51.2 Å². The topological polar surface area (TPSA) is 29.4 Å². The average Bonchev–Trinajstić information content (AvgIpc) is 2.87. The number of rotatable bonds is 5. The Hall–Kier alpha value is -1.65. The number of benzene rings is 1. The monoisotopic (exact) mass is 297 g/mol. The molecule has 2 rings (SSSR count). The number of unbranched alkanes of at least 4 members (excludes halogenated alkanes) is 1. The summed E-state index contributed by atoms with van der Waals surface area (Å²) in [6, 6.07) is 4.70. The fraction of sp³-hybridized carbons (Fsp3) is 0.500. The first-order valence-electron chi connectivity index (χ1n) is 7.19. The Balaban J connectivity index is 2.42. The molecule has 1 aromatic rings. The maximum absolute atomic E-state index is 12.8. The van der Waals surface area contributed by atoms with Gasteiger partial charge in [0.2, 0.25) is 0 Å². The largest absolute Gasteiger partial charge is 0.416 e. The van der Waals surface area contributed by atoms with E-state index in [1.165, 1.54) is 6.07 Å². The molecule has 1 aromatic carbocycles. The molecule has 1 aliphatic rings. The third-order valence-electron chi connectivity index (χ3n) is 3.89. The van der Waals surface area contributed by atoms with Crippen LogP contribution in [0.5, 0.6) is 0 Å². The quantitative estimate of drug-likeness (QED) is 0.652. The minimum absolute atomic E-state index is 0.484. The van der Waals surface area contributed by atoms with Crippen LogP contribution < -0.4 is 0 Å². The average molecular weight is 297 g/mol. The lowest BCUT2D eigenvalue weighted by Crippen LogP contribution is -2.07. The Bertz CT molecular complexity index is 549. The zero-order chi connectivity index (χ0) is 15.5. The Morgan fingerprint density at radius 1 is 1.33 bits per heavy atom. The van der Waals surface area contributed by atoms with Crippen LogP contribution in [0.1, 0.15) is 50.2 Å². The number of halogens is 3. The molecule has 2 nitrogen and oxygen atoms in total. The maximum atomic E-state index is 12.8. The van der Waals surface area contributed by atoms with Gasteiger partial charge in [-0.25, -0.2) is 0 Å². The van der Waals surface area contributed by atoms with Crippen molar-refractivity contribution in [3.05, 3.63) is 45.9 Å². The van der Waals surface area contributed by atoms with Crippen LogP contribution in [0.15, 0.2) is 35.0 Å². The molecule has 1 unspecified atom stereocenters. The van der Waals surface area contributed by atoms with Crippen molar-refractivity contribution in [3.8, 4) is 0 Å². The van der Waals surface area contributed by atoms with Crippen molar-refractivity contribution in [3.63, 3.8) is 0 Å². The molecule has 21 heavy (non-hydrogen) atoms. The number of hydrogen-bond acceptors (Lipinski definition) is 2. The fourth-order valence-corrected chi connectivity index (χ4v) is 2.84. The van der Waals surface area contributed by atoms with Gasteiger partial charge < -0.3 is 0 Å². The molecule has 0 bridgehead atoms. The molecule has 0 radical (unpaired) electrons. The van der Waals surface area contributed by atoms with Gasteiger partial charge in [0.05, 0.1) is 5.56 Å². The van der Waals surface area contributed by atoms with Gasteiger partial charge in [0.15, 0.2) is 0 Å². The van der Waals surface area contributed by atoms with Gasteiger partial charge in [0.25, 0.3) is 0 Å². The third-order valence-corrected chi connectivity index (χ3v) is 3.89. The lowest BCUT2D eigenvalue weighted by molar-refractivity contribution is -0.137. The first kappa shape index (κ1) is 15.7. The van der Waals surface area contributed by atoms with Crippen LogP contribution >= 0.6 is 0 Å². The predicted molar refractivity (Wildman–Crippen MR) is 76.7 cm³/mol. The Labute approximate surface area is 122 Å². The Morgan fingerprint density at radius 3 is 2.71 bits per heavy atom. The van der Waals surface area contributed by atoms with Gasteiger partial charge in [0, 0.05) is 0 Å². The van der Waals surface area contributed by atoms with Gasteiger partial charge in [-0.1, -0.05) is 36.2 Å².